The Morgan fingerprint density at radius 1 is 1.27 bits per heavy atom. The van der Waals surface area contributed by atoms with Crippen molar-refractivity contribution in [3.8, 4) is 0 Å². The van der Waals surface area contributed by atoms with Crippen LogP contribution in [0.3, 0.4) is 0 Å². The smallest absolute Gasteiger partial charge is 0.414 e. The van der Waals surface area contributed by atoms with Crippen molar-refractivity contribution in [3.63, 3.8) is 0 Å². The highest BCUT2D eigenvalue weighted by atomic mass is 35.5. The van der Waals surface area contributed by atoms with E-state index in [4.69, 9.17) is 21.4 Å². The molecule has 33 heavy (non-hydrogen) atoms. The lowest BCUT2D eigenvalue weighted by atomic mass is 10.2. The molecule has 1 aromatic heterocycles. The lowest BCUT2D eigenvalue weighted by Gasteiger charge is -2.18. The van der Waals surface area contributed by atoms with E-state index in [9.17, 15) is 14.4 Å². The normalized spacial score (nSPS) is 15.3. The molecule has 1 saturated heterocycles. The first-order chi connectivity index (χ1) is 15.9. The summed E-state index contributed by atoms with van der Waals surface area (Å²) in [6.07, 6.45) is 0.608. The third kappa shape index (κ3) is 6.83. The zero-order valence-electron chi connectivity index (χ0n) is 18.2. The van der Waals surface area contributed by atoms with E-state index in [1.54, 1.807) is 30.3 Å². The fraction of sp³-hybridized carbons (Fsp3) is 0.409. The fourth-order valence-corrected chi connectivity index (χ4v) is 4.23. The van der Waals surface area contributed by atoms with Crippen molar-refractivity contribution in [2.45, 2.75) is 32.3 Å². The Morgan fingerprint density at radius 3 is 2.79 bits per heavy atom. The second-order valence-electron chi connectivity index (χ2n) is 7.46. The third-order valence-electron chi connectivity index (χ3n) is 4.88. The third-order valence-corrected chi connectivity index (χ3v) is 6.11. The maximum Gasteiger partial charge on any atom is 0.414 e. The number of nitrogens with zero attached hydrogens (tertiary/aromatic N) is 1. The number of aliphatic hydroxyl groups is 1. The number of nitrogens with one attached hydrogen (secondary N) is 3. The van der Waals surface area contributed by atoms with Gasteiger partial charge in [0.15, 0.2) is 0 Å². The van der Waals surface area contributed by atoms with Gasteiger partial charge in [0.25, 0.3) is 5.91 Å². The van der Waals surface area contributed by atoms with Crippen molar-refractivity contribution in [1.82, 2.24) is 5.32 Å². The number of carbonyl (C=O) groups is 3. The molecule has 2 heterocycles. The van der Waals surface area contributed by atoms with Gasteiger partial charge in [-0.25, -0.2) is 4.79 Å². The Hall–Kier alpha value is -2.82. The van der Waals surface area contributed by atoms with Crippen LogP contribution in [0.2, 0.25) is 4.34 Å². The average Bonchev–Trinajstić information content (AvgIpc) is 3.38. The number of carbonyl (C=O) groups excluding carboxylic acids is 3. The van der Waals surface area contributed by atoms with E-state index in [0.29, 0.717) is 52.1 Å². The molecule has 0 radical (unpaired) electrons. The van der Waals surface area contributed by atoms with E-state index in [2.05, 4.69) is 16.0 Å². The molecule has 2 aromatic rings. The highest BCUT2D eigenvalue weighted by Gasteiger charge is 2.33. The molecule has 9 nitrogen and oxygen atoms in total. The summed E-state index contributed by atoms with van der Waals surface area (Å²) in [4.78, 5) is 38.8. The van der Waals surface area contributed by atoms with Crippen LogP contribution in [0.1, 0.15) is 35.9 Å². The predicted molar refractivity (Wildman–Crippen MR) is 129 cm³/mol. The van der Waals surface area contributed by atoms with Crippen molar-refractivity contribution < 1.29 is 24.2 Å². The van der Waals surface area contributed by atoms with Crippen LogP contribution in [-0.4, -0.2) is 55.4 Å². The van der Waals surface area contributed by atoms with Gasteiger partial charge in [-0.2, -0.15) is 0 Å². The first-order valence-corrected chi connectivity index (χ1v) is 11.9. The van der Waals surface area contributed by atoms with Crippen LogP contribution in [0.25, 0.3) is 0 Å². The Labute approximate surface area is 201 Å². The van der Waals surface area contributed by atoms with Gasteiger partial charge in [0.2, 0.25) is 5.91 Å². The number of amides is 3. The number of aliphatic hydroxyl groups excluding tert-OH is 1. The fourth-order valence-electron chi connectivity index (χ4n) is 3.27. The van der Waals surface area contributed by atoms with Gasteiger partial charge in [-0.3, -0.25) is 14.5 Å². The van der Waals surface area contributed by atoms with Gasteiger partial charge in [0.1, 0.15) is 6.10 Å². The van der Waals surface area contributed by atoms with Crippen molar-refractivity contribution in [3.05, 3.63) is 39.5 Å². The second kappa shape index (κ2) is 11.9. The van der Waals surface area contributed by atoms with E-state index in [1.165, 1.54) is 16.2 Å². The number of thiophene rings is 1. The van der Waals surface area contributed by atoms with Crippen LogP contribution in [-0.2, 0) is 9.53 Å². The first-order valence-electron chi connectivity index (χ1n) is 10.7. The topological polar surface area (TPSA) is 120 Å². The van der Waals surface area contributed by atoms with Crippen LogP contribution in [0.15, 0.2) is 30.3 Å². The average molecular weight is 495 g/mol. The number of ether oxygens (including phenoxy) is 1. The van der Waals surface area contributed by atoms with Gasteiger partial charge >= 0.3 is 6.09 Å². The predicted octanol–water partition coefficient (Wildman–Crippen LogP) is 3.69. The Bertz CT molecular complexity index is 999. The summed E-state index contributed by atoms with van der Waals surface area (Å²) >= 11 is 7.04. The molecular weight excluding hydrogens is 468 g/mol. The molecule has 3 rings (SSSR count). The summed E-state index contributed by atoms with van der Waals surface area (Å²) in [5.74, 6) is -0.404. The van der Waals surface area contributed by atoms with Gasteiger partial charge in [-0.15, -0.1) is 11.3 Å². The Morgan fingerprint density at radius 2 is 2.09 bits per heavy atom. The molecule has 11 heteroatoms. The minimum absolute atomic E-state index is 0.0552. The van der Waals surface area contributed by atoms with Gasteiger partial charge < -0.3 is 25.8 Å². The molecular formula is C22H27ClN4O5S. The lowest BCUT2D eigenvalue weighted by molar-refractivity contribution is -0.116. The number of hydrogen-bond acceptors (Lipinski definition) is 7. The largest absolute Gasteiger partial charge is 0.442 e. The molecule has 1 aromatic carbocycles. The van der Waals surface area contributed by atoms with Crippen molar-refractivity contribution in [2.75, 3.05) is 41.8 Å². The molecule has 1 aliphatic rings. The van der Waals surface area contributed by atoms with Gasteiger partial charge in [0.05, 0.1) is 33.7 Å². The molecule has 3 amide bonds. The van der Waals surface area contributed by atoms with Crippen LogP contribution in [0.4, 0.5) is 21.9 Å². The number of rotatable bonds is 11. The SMILES string of the molecule is CCCC(=O)Nc1cc(N2CC(CNC(=O)c3ccc(Cl)s3)OC2=O)ccc1NCCCO. The maximum atomic E-state index is 12.5. The molecule has 0 bridgehead atoms. The molecule has 0 aliphatic carbocycles. The minimum atomic E-state index is -0.528. The summed E-state index contributed by atoms with van der Waals surface area (Å²) < 4.78 is 5.93. The Kier molecular flexibility index (Phi) is 8.93. The van der Waals surface area contributed by atoms with Gasteiger partial charge in [-0.1, -0.05) is 18.5 Å². The zero-order valence-corrected chi connectivity index (χ0v) is 19.8. The van der Waals surface area contributed by atoms with E-state index in [-0.39, 0.29) is 31.5 Å². The monoisotopic (exact) mass is 494 g/mol. The van der Waals surface area contributed by atoms with Crippen molar-refractivity contribution in [2.24, 2.45) is 0 Å². The van der Waals surface area contributed by atoms with Crippen LogP contribution >= 0.6 is 22.9 Å². The van der Waals surface area contributed by atoms with Crippen molar-refractivity contribution >= 4 is 57.9 Å². The van der Waals surface area contributed by atoms with Crippen LogP contribution in [0, 0.1) is 0 Å². The first kappa shape index (κ1) is 24.8. The number of hydrogen-bond donors (Lipinski definition) is 4. The number of anilines is 3. The number of cyclic esters (lactones) is 1. The molecule has 1 atom stereocenters. The molecule has 1 unspecified atom stereocenters. The van der Waals surface area contributed by atoms with E-state index >= 15 is 0 Å². The number of benzene rings is 1. The van der Waals surface area contributed by atoms with E-state index in [1.807, 2.05) is 6.92 Å². The summed E-state index contributed by atoms with van der Waals surface area (Å²) in [6.45, 7) is 2.93. The van der Waals surface area contributed by atoms with Crippen LogP contribution < -0.4 is 20.9 Å². The minimum Gasteiger partial charge on any atom is -0.442 e. The highest BCUT2D eigenvalue weighted by molar-refractivity contribution is 7.18. The summed E-state index contributed by atoms with van der Waals surface area (Å²) in [6, 6.07) is 8.53. The summed E-state index contributed by atoms with van der Waals surface area (Å²) in [5.41, 5.74) is 1.81. The molecule has 0 saturated carbocycles. The molecule has 0 spiro atoms. The highest BCUT2D eigenvalue weighted by Crippen LogP contribution is 2.31. The van der Waals surface area contributed by atoms with Crippen molar-refractivity contribution in [1.29, 1.82) is 0 Å². The molecule has 1 fully saturated rings. The lowest BCUT2D eigenvalue weighted by Crippen LogP contribution is -2.34. The quantitative estimate of drug-likeness (QED) is 0.354. The number of halogens is 1. The van der Waals surface area contributed by atoms with Crippen LogP contribution in [0.5, 0.6) is 0 Å². The van der Waals surface area contributed by atoms with Gasteiger partial charge in [0, 0.05) is 25.3 Å². The van der Waals surface area contributed by atoms with E-state index < -0.39 is 12.2 Å². The Balaban J connectivity index is 1.67. The molecule has 1 aliphatic heterocycles. The summed E-state index contributed by atoms with van der Waals surface area (Å²) in [7, 11) is 0. The standard InChI is InChI=1S/C22H27ClN4O5S/c1-2-4-20(29)26-17-11-14(5-6-16(17)24-9-3-10-28)27-13-15(32-22(27)31)12-25-21(30)18-7-8-19(23)33-18/h5-8,11,15,24,28H,2-4,9-10,12-13H2,1H3,(H,25,30)(H,26,29). The maximum absolute atomic E-state index is 12.5. The molecule has 178 valence electrons. The summed E-state index contributed by atoms with van der Waals surface area (Å²) in [5, 5.41) is 17.8. The second-order valence-corrected chi connectivity index (χ2v) is 9.18. The van der Waals surface area contributed by atoms with Gasteiger partial charge in [-0.05, 0) is 43.2 Å². The zero-order chi connectivity index (χ0) is 23.8. The molecule has 4 N–H and O–H groups in total. The van der Waals surface area contributed by atoms with E-state index in [0.717, 1.165) is 0 Å².